The molecule has 2 aromatic rings. The number of nitrogens with two attached hydrogens (primary N) is 1. The van der Waals surface area contributed by atoms with E-state index in [-0.39, 0.29) is 12.4 Å². The van der Waals surface area contributed by atoms with Crippen LogP contribution in [0, 0.1) is 0 Å². The molecule has 9 nitrogen and oxygen atoms in total. The number of rotatable bonds is 5. The number of hydrogen-bond donors (Lipinski definition) is 3. The molecule has 0 saturated carbocycles. The summed E-state index contributed by atoms with van der Waals surface area (Å²) >= 11 is 0. The van der Waals surface area contributed by atoms with Crippen molar-refractivity contribution in [1.29, 1.82) is 0 Å². The molecular weight excluding hydrogens is 252 g/mol. The Balaban J connectivity index is 1.95. The fourth-order valence-corrected chi connectivity index (χ4v) is 1.23. The fraction of sp³-hybridized carbons (Fsp3) is 0.100. The topological polar surface area (TPSA) is 136 Å². The van der Waals surface area contributed by atoms with E-state index >= 15 is 0 Å². The standard InChI is InChI=1S/C10H10N6O3/c11-8(17)5-19-7-3-1-6(2-4-7)12-10(18)9-13-15-16-14-9/h1-4H,5H2,(H2,11,17)(H,12,18)(H,13,14,15,16). The first-order valence-electron chi connectivity index (χ1n) is 5.21. The Hall–Kier alpha value is -2.97. The minimum Gasteiger partial charge on any atom is -0.484 e. The third-order valence-corrected chi connectivity index (χ3v) is 2.04. The van der Waals surface area contributed by atoms with E-state index in [4.69, 9.17) is 10.5 Å². The molecule has 1 heterocycles. The van der Waals surface area contributed by atoms with Crippen molar-refractivity contribution in [2.24, 2.45) is 5.73 Å². The van der Waals surface area contributed by atoms with E-state index in [2.05, 4.69) is 25.9 Å². The molecule has 0 spiro atoms. The average molecular weight is 262 g/mol. The monoisotopic (exact) mass is 262 g/mol. The van der Waals surface area contributed by atoms with Crippen molar-refractivity contribution in [2.75, 3.05) is 11.9 Å². The Kier molecular flexibility index (Phi) is 3.67. The van der Waals surface area contributed by atoms with Crippen molar-refractivity contribution in [3.8, 4) is 5.75 Å². The minimum atomic E-state index is -0.561. The molecule has 0 saturated heterocycles. The molecule has 98 valence electrons. The molecule has 4 N–H and O–H groups in total. The number of primary amides is 1. The zero-order chi connectivity index (χ0) is 13.7. The summed E-state index contributed by atoms with van der Waals surface area (Å²) in [6, 6.07) is 6.40. The predicted molar refractivity (Wildman–Crippen MR) is 63.3 cm³/mol. The molecule has 0 aliphatic heterocycles. The highest BCUT2D eigenvalue weighted by Crippen LogP contribution is 2.15. The van der Waals surface area contributed by atoms with Crippen LogP contribution in [0.2, 0.25) is 0 Å². The van der Waals surface area contributed by atoms with Crippen molar-refractivity contribution in [3.63, 3.8) is 0 Å². The van der Waals surface area contributed by atoms with Gasteiger partial charge in [0.2, 0.25) is 0 Å². The van der Waals surface area contributed by atoms with Gasteiger partial charge in [-0.25, -0.2) is 0 Å². The molecule has 2 amide bonds. The molecule has 2 rings (SSSR count). The molecule has 0 aliphatic rings. The van der Waals surface area contributed by atoms with Crippen molar-refractivity contribution in [3.05, 3.63) is 30.1 Å². The number of H-pyrrole nitrogens is 1. The molecule has 19 heavy (non-hydrogen) atoms. The zero-order valence-corrected chi connectivity index (χ0v) is 9.66. The van der Waals surface area contributed by atoms with Crippen LogP contribution in [0.5, 0.6) is 5.75 Å². The molecule has 1 aromatic heterocycles. The van der Waals surface area contributed by atoms with Gasteiger partial charge in [-0.2, -0.15) is 5.21 Å². The predicted octanol–water partition coefficient (Wildman–Crippen LogP) is -0.684. The Labute approximate surface area is 107 Å². The highest BCUT2D eigenvalue weighted by atomic mass is 16.5. The van der Waals surface area contributed by atoms with E-state index in [0.717, 1.165) is 0 Å². The van der Waals surface area contributed by atoms with Crippen LogP contribution in [0.25, 0.3) is 0 Å². The normalized spacial score (nSPS) is 9.89. The number of carbonyl (C=O) groups excluding carboxylic acids is 2. The molecule has 1 aromatic carbocycles. The number of carbonyl (C=O) groups is 2. The quantitative estimate of drug-likeness (QED) is 0.652. The Morgan fingerprint density at radius 1 is 1.32 bits per heavy atom. The lowest BCUT2D eigenvalue weighted by Crippen LogP contribution is -2.20. The highest BCUT2D eigenvalue weighted by Gasteiger charge is 2.10. The van der Waals surface area contributed by atoms with E-state index in [1.165, 1.54) is 0 Å². The number of ether oxygens (including phenoxy) is 1. The molecule has 0 fully saturated rings. The molecule has 0 radical (unpaired) electrons. The third kappa shape index (κ3) is 3.49. The lowest BCUT2D eigenvalue weighted by molar-refractivity contribution is -0.119. The largest absolute Gasteiger partial charge is 0.484 e. The fourth-order valence-electron chi connectivity index (χ4n) is 1.23. The van der Waals surface area contributed by atoms with Crippen LogP contribution in [0.15, 0.2) is 24.3 Å². The van der Waals surface area contributed by atoms with E-state index in [1.807, 2.05) is 0 Å². The summed E-state index contributed by atoms with van der Waals surface area (Å²) in [6.07, 6.45) is 0. The van der Waals surface area contributed by atoms with Gasteiger partial charge in [-0.1, -0.05) is 0 Å². The summed E-state index contributed by atoms with van der Waals surface area (Å²) in [6.45, 7) is -0.200. The number of aromatic nitrogens is 4. The maximum Gasteiger partial charge on any atom is 0.297 e. The van der Waals surface area contributed by atoms with Crippen LogP contribution in [0.4, 0.5) is 5.69 Å². The smallest absolute Gasteiger partial charge is 0.297 e. The maximum atomic E-state index is 11.6. The second kappa shape index (κ2) is 5.58. The van der Waals surface area contributed by atoms with Gasteiger partial charge in [0.1, 0.15) is 5.75 Å². The van der Waals surface area contributed by atoms with Crippen molar-refractivity contribution >= 4 is 17.5 Å². The molecule has 9 heteroatoms. The number of benzene rings is 1. The van der Waals surface area contributed by atoms with Crippen LogP contribution in [-0.2, 0) is 4.79 Å². The molecule has 0 bridgehead atoms. The first-order chi connectivity index (χ1) is 9.15. The summed E-state index contributed by atoms with van der Waals surface area (Å²) in [4.78, 5) is 22.1. The van der Waals surface area contributed by atoms with Gasteiger partial charge in [0.05, 0.1) is 0 Å². The highest BCUT2D eigenvalue weighted by molar-refractivity contribution is 6.01. The SMILES string of the molecule is NC(=O)COc1ccc(NC(=O)c2nn[nH]n2)cc1. The lowest BCUT2D eigenvalue weighted by atomic mass is 10.3. The van der Waals surface area contributed by atoms with Gasteiger partial charge in [-0.15, -0.1) is 10.2 Å². The van der Waals surface area contributed by atoms with Crippen LogP contribution in [0.1, 0.15) is 10.6 Å². The van der Waals surface area contributed by atoms with Gasteiger partial charge in [0.25, 0.3) is 17.6 Å². The van der Waals surface area contributed by atoms with E-state index in [0.29, 0.717) is 11.4 Å². The molecule has 0 aliphatic carbocycles. The third-order valence-electron chi connectivity index (χ3n) is 2.04. The number of nitrogens with one attached hydrogen (secondary N) is 2. The van der Waals surface area contributed by atoms with E-state index < -0.39 is 11.8 Å². The van der Waals surface area contributed by atoms with Gasteiger partial charge in [0, 0.05) is 5.69 Å². The van der Waals surface area contributed by atoms with Gasteiger partial charge in [-0.3, -0.25) is 9.59 Å². The number of hydrogen-bond acceptors (Lipinski definition) is 6. The van der Waals surface area contributed by atoms with Crippen LogP contribution < -0.4 is 15.8 Å². The Morgan fingerprint density at radius 3 is 2.63 bits per heavy atom. The van der Waals surface area contributed by atoms with Crippen LogP contribution in [0.3, 0.4) is 0 Å². The summed E-state index contributed by atoms with van der Waals surface area (Å²) in [5.41, 5.74) is 5.48. The van der Waals surface area contributed by atoms with E-state index in [9.17, 15) is 9.59 Å². The Morgan fingerprint density at radius 2 is 2.05 bits per heavy atom. The van der Waals surface area contributed by atoms with Crippen molar-refractivity contribution in [1.82, 2.24) is 20.6 Å². The zero-order valence-electron chi connectivity index (χ0n) is 9.66. The maximum absolute atomic E-state index is 11.6. The summed E-state index contributed by atoms with van der Waals surface area (Å²) < 4.78 is 5.07. The van der Waals surface area contributed by atoms with Gasteiger partial charge in [-0.05, 0) is 29.5 Å². The number of amides is 2. The number of tetrazole rings is 1. The van der Waals surface area contributed by atoms with Crippen LogP contribution in [-0.4, -0.2) is 39.0 Å². The molecule has 0 atom stereocenters. The Bertz CT molecular complexity index is 565. The van der Waals surface area contributed by atoms with Crippen molar-refractivity contribution in [2.45, 2.75) is 0 Å². The van der Waals surface area contributed by atoms with Gasteiger partial charge >= 0.3 is 0 Å². The lowest BCUT2D eigenvalue weighted by Gasteiger charge is -2.05. The number of anilines is 1. The van der Waals surface area contributed by atoms with E-state index in [1.54, 1.807) is 24.3 Å². The summed E-state index contributed by atoms with van der Waals surface area (Å²) in [5, 5.41) is 15.1. The number of aromatic amines is 1. The summed E-state index contributed by atoms with van der Waals surface area (Å²) in [5.74, 6) is -0.639. The molecule has 0 unspecified atom stereocenters. The second-order valence-electron chi connectivity index (χ2n) is 3.47. The van der Waals surface area contributed by atoms with Crippen molar-refractivity contribution < 1.29 is 14.3 Å². The van der Waals surface area contributed by atoms with Gasteiger partial charge in [0.15, 0.2) is 6.61 Å². The first kappa shape index (κ1) is 12.5. The molecular formula is C10H10N6O3. The summed E-state index contributed by atoms with van der Waals surface area (Å²) in [7, 11) is 0. The number of nitrogens with zero attached hydrogens (tertiary/aromatic N) is 3. The van der Waals surface area contributed by atoms with Crippen LogP contribution >= 0.6 is 0 Å². The van der Waals surface area contributed by atoms with Gasteiger partial charge < -0.3 is 15.8 Å². The minimum absolute atomic E-state index is 0.0611. The first-order valence-corrected chi connectivity index (χ1v) is 5.21. The average Bonchev–Trinajstić information content (AvgIpc) is 2.92. The second-order valence-corrected chi connectivity index (χ2v) is 3.47.